The maximum Gasteiger partial charge on any atom is 0.327 e. The van der Waals surface area contributed by atoms with Crippen LogP contribution in [-0.2, 0) is 20.9 Å². The third kappa shape index (κ3) is 5.92. The second kappa shape index (κ2) is 9.08. The van der Waals surface area contributed by atoms with Gasteiger partial charge in [-0.3, -0.25) is 30.0 Å². The zero-order chi connectivity index (χ0) is 19.8. The molecule has 0 unspecified atom stereocenters. The van der Waals surface area contributed by atoms with Crippen LogP contribution in [0.25, 0.3) is 0 Å². The average molecular weight is 380 g/mol. The van der Waals surface area contributed by atoms with Gasteiger partial charge in [0.05, 0.1) is 24.9 Å². The molecule has 4 N–H and O–H groups in total. The van der Waals surface area contributed by atoms with Gasteiger partial charge in [0.15, 0.2) is 0 Å². The van der Waals surface area contributed by atoms with Crippen LogP contribution < -0.4 is 21.5 Å². The van der Waals surface area contributed by atoms with Crippen molar-refractivity contribution in [2.24, 2.45) is 0 Å². The molecular formula is C16H14F2N4O5. The minimum absolute atomic E-state index is 0.0213. The molecule has 0 aliphatic heterocycles. The Labute approximate surface area is 151 Å². The number of carbonyl (C=O) groups is 4. The normalized spacial score (nSPS) is 10.0. The van der Waals surface area contributed by atoms with Crippen molar-refractivity contribution in [2.45, 2.75) is 6.54 Å². The summed E-state index contributed by atoms with van der Waals surface area (Å²) in [5.41, 5.74) is 3.28. The smallest absolute Gasteiger partial charge is 0.327 e. The van der Waals surface area contributed by atoms with Gasteiger partial charge in [0.1, 0.15) is 17.4 Å². The van der Waals surface area contributed by atoms with Gasteiger partial charge < -0.3 is 15.1 Å². The number of hydrogen-bond acceptors (Lipinski definition) is 5. The third-order valence-electron chi connectivity index (χ3n) is 3.11. The second-order valence-corrected chi connectivity index (χ2v) is 5.07. The molecule has 0 saturated carbocycles. The summed E-state index contributed by atoms with van der Waals surface area (Å²) in [6.45, 7) is -0.642. The number of hydrogen-bond donors (Lipinski definition) is 4. The molecule has 0 spiro atoms. The van der Waals surface area contributed by atoms with E-state index in [9.17, 15) is 28.0 Å². The predicted molar refractivity (Wildman–Crippen MR) is 85.5 cm³/mol. The van der Waals surface area contributed by atoms with Crippen LogP contribution in [0, 0.1) is 11.6 Å². The quantitative estimate of drug-likeness (QED) is 0.420. The average Bonchev–Trinajstić information content (AvgIpc) is 3.15. The Morgan fingerprint density at radius 2 is 1.74 bits per heavy atom. The van der Waals surface area contributed by atoms with Crippen LogP contribution in [0.1, 0.15) is 16.1 Å². The predicted octanol–water partition coefficient (Wildman–Crippen LogP) is -0.249. The van der Waals surface area contributed by atoms with Crippen molar-refractivity contribution in [3.63, 3.8) is 0 Å². The van der Waals surface area contributed by atoms with Gasteiger partial charge in [0.2, 0.25) is 0 Å². The van der Waals surface area contributed by atoms with Gasteiger partial charge in [-0.05, 0) is 24.3 Å². The fourth-order valence-corrected chi connectivity index (χ4v) is 1.82. The van der Waals surface area contributed by atoms with Gasteiger partial charge in [0, 0.05) is 6.07 Å². The maximum atomic E-state index is 13.4. The highest BCUT2D eigenvalue weighted by Gasteiger charge is 2.16. The molecule has 1 heterocycles. The Balaban J connectivity index is 1.71. The van der Waals surface area contributed by atoms with Crippen molar-refractivity contribution in [1.29, 1.82) is 0 Å². The van der Waals surface area contributed by atoms with E-state index < -0.39 is 47.4 Å². The number of furan rings is 1. The van der Waals surface area contributed by atoms with Gasteiger partial charge >= 0.3 is 11.8 Å². The summed E-state index contributed by atoms with van der Waals surface area (Å²) < 4.78 is 31.2. The summed E-state index contributed by atoms with van der Waals surface area (Å²) >= 11 is 0. The lowest BCUT2D eigenvalue weighted by Gasteiger charge is -2.09. The van der Waals surface area contributed by atoms with Gasteiger partial charge in [-0.2, -0.15) is 0 Å². The van der Waals surface area contributed by atoms with Crippen molar-refractivity contribution in [1.82, 2.24) is 21.5 Å². The lowest BCUT2D eigenvalue weighted by molar-refractivity contribution is -0.141. The van der Waals surface area contributed by atoms with Gasteiger partial charge in [-0.15, -0.1) is 0 Å². The number of carbonyl (C=O) groups excluding carboxylic acids is 4. The van der Waals surface area contributed by atoms with Crippen LogP contribution in [-0.4, -0.2) is 30.2 Å². The van der Waals surface area contributed by atoms with Crippen molar-refractivity contribution < 1.29 is 32.4 Å². The molecule has 2 aromatic rings. The third-order valence-corrected chi connectivity index (χ3v) is 3.11. The highest BCUT2D eigenvalue weighted by Crippen LogP contribution is 2.08. The Kier molecular flexibility index (Phi) is 6.58. The summed E-state index contributed by atoms with van der Waals surface area (Å²) in [6.07, 6.45) is 1.40. The van der Waals surface area contributed by atoms with Crippen LogP contribution in [0.3, 0.4) is 0 Å². The first kappa shape index (κ1) is 19.6. The number of nitrogens with one attached hydrogen (secondary N) is 4. The monoisotopic (exact) mass is 380 g/mol. The van der Waals surface area contributed by atoms with E-state index in [-0.39, 0.29) is 6.54 Å². The van der Waals surface area contributed by atoms with E-state index in [1.807, 2.05) is 10.9 Å². The second-order valence-electron chi connectivity index (χ2n) is 5.07. The van der Waals surface area contributed by atoms with Crippen LogP contribution in [0.5, 0.6) is 0 Å². The van der Waals surface area contributed by atoms with Crippen LogP contribution in [0.2, 0.25) is 0 Å². The maximum absolute atomic E-state index is 13.4. The van der Waals surface area contributed by atoms with E-state index >= 15 is 0 Å². The molecular weight excluding hydrogens is 366 g/mol. The van der Waals surface area contributed by atoms with E-state index in [0.29, 0.717) is 11.8 Å². The topological polar surface area (TPSA) is 130 Å². The van der Waals surface area contributed by atoms with Crippen molar-refractivity contribution in [2.75, 3.05) is 6.54 Å². The fraction of sp³-hybridized carbons (Fsp3) is 0.125. The summed E-state index contributed by atoms with van der Waals surface area (Å²) in [4.78, 5) is 46.3. The van der Waals surface area contributed by atoms with E-state index in [1.165, 1.54) is 6.26 Å². The number of hydrazine groups is 1. The number of rotatable bonds is 5. The molecule has 142 valence electrons. The molecule has 11 heteroatoms. The Hall–Kier alpha value is -3.76. The SMILES string of the molecule is O=C(CNC(=O)c1ccc(F)cc1F)NNC(=O)C(=O)NCc1ccco1. The summed E-state index contributed by atoms with van der Waals surface area (Å²) in [7, 11) is 0. The van der Waals surface area contributed by atoms with Gasteiger partial charge in [-0.25, -0.2) is 8.78 Å². The summed E-state index contributed by atoms with van der Waals surface area (Å²) in [6, 6.07) is 5.53. The Bertz CT molecular complexity index is 855. The molecule has 0 saturated heterocycles. The number of halogens is 2. The van der Waals surface area contributed by atoms with Crippen molar-refractivity contribution in [3.05, 3.63) is 59.6 Å². The molecule has 0 bridgehead atoms. The summed E-state index contributed by atoms with van der Waals surface area (Å²) in [5, 5.41) is 4.33. The molecule has 1 aromatic heterocycles. The van der Waals surface area contributed by atoms with E-state index in [0.717, 1.165) is 12.1 Å². The van der Waals surface area contributed by atoms with E-state index in [1.54, 1.807) is 12.1 Å². The first-order valence-electron chi connectivity index (χ1n) is 7.49. The van der Waals surface area contributed by atoms with Crippen LogP contribution in [0.15, 0.2) is 41.0 Å². The molecule has 1 aromatic carbocycles. The lowest BCUT2D eigenvalue weighted by Crippen LogP contribution is -2.50. The standard InChI is InChI=1S/C16H14F2N4O5/c17-9-3-4-11(12(18)6-9)14(24)20-8-13(23)21-22-16(26)15(25)19-7-10-2-1-5-27-10/h1-6H,7-8H2,(H,19,25)(H,20,24)(H,21,23)(H,22,26). The van der Waals surface area contributed by atoms with Crippen molar-refractivity contribution >= 4 is 23.6 Å². The fourth-order valence-electron chi connectivity index (χ4n) is 1.82. The van der Waals surface area contributed by atoms with Gasteiger partial charge in [-0.1, -0.05) is 0 Å². The van der Waals surface area contributed by atoms with E-state index in [2.05, 4.69) is 10.6 Å². The minimum atomic E-state index is -1.15. The van der Waals surface area contributed by atoms with Gasteiger partial charge in [0.25, 0.3) is 11.8 Å². The zero-order valence-corrected chi connectivity index (χ0v) is 13.7. The molecule has 0 atom stereocenters. The minimum Gasteiger partial charge on any atom is -0.467 e. The molecule has 0 aliphatic rings. The molecule has 2 rings (SSSR count). The number of benzene rings is 1. The largest absolute Gasteiger partial charge is 0.467 e. The first-order chi connectivity index (χ1) is 12.9. The molecule has 27 heavy (non-hydrogen) atoms. The summed E-state index contributed by atoms with van der Waals surface area (Å²) in [5.74, 6) is -5.52. The molecule has 0 aliphatic carbocycles. The van der Waals surface area contributed by atoms with Crippen LogP contribution in [0.4, 0.5) is 8.78 Å². The molecule has 0 radical (unpaired) electrons. The molecule has 0 fully saturated rings. The zero-order valence-electron chi connectivity index (χ0n) is 13.7. The molecule has 9 nitrogen and oxygen atoms in total. The molecule has 4 amide bonds. The van der Waals surface area contributed by atoms with E-state index in [4.69, 9.17) is 4.42 Å². The lowest BCUT2D eigenvalue weighted by atomic mass is 10.2. The first-order valence-corrected chi connectivity index (χ1v) is 7.49. The Morgan fingerprint density at radius 3 is 2.41 bits per heavy atom. The highest BCUT2D eigenvalue weighted by molar-refractivity contribution is 6.35. The number of amides is 4. The van der Waals surface area contributed by atoms with Crippen LogP contribution >= 0.6 is 0 Å². The Morgan fingerprint density at radius 1 is 0.963 bits per heavy atom. The highest BCUT2D eigenvalue weighted by atomic mass is 19.1. The van der Waals surface area contributed by atoms with Crippen molar-refractivity contribution in [3.8, 4) is 0 Å².